The first-order valence-electron chi connectivity index (χ1n) is 7.38. The van der Waals surface area contributed by atoms with Gasteiger partial charge in [0.25, 0.3) is 0 Å². The number of hydrogen-bond acceptors (Lipinski definition) is 3. The largest absolute Gasteiger partial charge is 0.352 e. The lowest BCUT2D eigenvalue weighted by Crippen LogP contribution is -2.45. The number of carbonyl (C=O) groups is 1. The van der Waals surface area contributed by atoms with Gasteiger partial charge in [-0.3, -0.25) is 9.69 Å². The van der Waals surface area contributed by atoms with Crippen molar-refractivity contribution in [3.63, 3.8) is 0 Å². The molecule has 3 atom stereocenters. The molecule has 19 heavy (non-hydrogen) atoms. The highest BCUT2D eigenvalue weighted by molar-refractivity contribution is 5.85. The van der Waals surface area contributed by atoms with Crippen LogP contribution in [0.15, 0.2) is 0 Å². The lowest BCUT2D eigenvalue weighted by Gasteiger charge is -2.30. The van der Waals surface area contributed by atoms with E-state index in [1.54, 1.807) is 0 Å². The van der Waals surface area contributed by atoms with Crippen molar-refractivity contribution in [2.45, 2.75) is 51.1 Å². The van der Waals surface area contributed by atoms with Crippen LogP contribution in [-0.4, -0.2) is 49.6 Å². The van der Waals surface area contributed by atoms with Crippen molar-refractivity contribution in [3.05, 3.63) is 0 Å². The molecule has 112 valence electrons. The van der Waals surface area contributed by atoms with Crippen molar-refractivity contribution < 1.29 is 4.79 Å². The fourth-order valence-corrected chi connectivity index (χ4v) is 3.20. The molecule has 4 nitrogen and oxygen atoms in total. The van der Waals surface area contributed by atoms with Crippen LogP contribution in [-0.2, 0) is 4.79 Å². The Morgan fingerprint density at radius 3 is 2.63 bits per heavy atom. The molecular formula is C14H28ClN3O. The Bertz CT molecular complexity index is 288. The molecule has 1 saturated carbocycles. The van der Waals surface area contributed by atoms with Gasteiger partial charge in [0.1, 0.15) is 0 Å². The summed E-state index contributed by atoms with van der Waals surface area (Å²) in [5, 5.41) is 6.51. The van der Waals surface area contributed by atoms with Gasteiger partial charge in [-0.25, -0.2) is 0 Å². The number of halogens is 1. The number of hydrogen-bond donors (Lipinski definition) is 2. The molecule has 1 amide bonds. The summed E-state index contributed by atoms with van der Waals surface area (Å²) in [6, 6.07) is 0.973. The van der Waals surface area contributed by atoms with Crippen molar-refractivity contribution in [2.24, 2.45) is 5.92 Å². The zero-order valence-electron chi connectivity index (χ0n) is 12.2. The molecule has 1 saturated heterocycles. The van der Waals surface area contributed by atoms with Crippen LogP contribution in [0.3, 0.4) is 0 Å². The molecule has 0 aromatic heterocycles. The molecule has 0 bridgehead atoms. The molecule has 1 aliphatic heterocycles. The summed E-state index contributed by atoms with van der Waals surface area (Å²) in [4.78, 5) is 14.3. The normalized spacial score (nSPS) is 31.8. The van der Waals surface area contributed by atoms with Crippen LogP contribution < -0.4 is 10.6 Å². The summed E-state index contributed by atoms with van der Waals surface area (Å²) < 4.78 is 0. The first kappa shape index (κ1) is 16.7. The molecule has 2 aliphatic rings. The monoisotopic (exact) mass is 289 g/mol. The Labute approximate surface area is 123 Å². The average Bonchev–Trinajstić information content (AvgIpc) is 2.80. The van der Waals surface area contributed by atoms with Crippen LogP contribution in [0.4, 0.5) is 0 Å². The van der Waals surface area contributed by atoms with E-state index in [2.05, 4.69) is 22.5 Å². The van der Waals surface area contributed by atoms with Gasteiger partial charge in [-0.1, -0.05) is 19.8 Å². The van der Waals surface area contributed by atoms with E-state index in [1.165, 1.54) is 19.3 Å². The van der Waals surface area contributed by atoms with Crippen LogP contribution >= 0.6 is 12.4 Å². The number of nitrogens with one attached hydrogen (secondary N) is 2. The second-order valence-corrected chi connectivity index (χ2v) is 5.95. The summed E-state index contributed by atoms with van der Waals surface area (Å²) in [5.41, 5.74) is 0. The van der Waals surface area contributed by atoms with E-state index < -0.39 is 0 Å². The minimum absolute atomic E-state index is 0. The van der Waals surface area contributed by atoms with Crippen LogP contribution in [0.1, 0.15) is 39.0 Å². The first-order chi connectivity index (χ1) is 8.69. The number of likely N-dealkylation sites (tertiary alicyclic amines) is 1. The van der Waals surface area contributed by atoms with Gasteiger partial charge >= 0.3 is 0 Å². The second-order valence-electron chi connectivity index (χ2n) is 5.95. The van der Waals surface area contributed by atoms with Crippen LogP contribution in [0.2, 0.25) is 0 Å². The number of nitrogens with zero attached hydrogens (tertiary/aromatic N) is 1. The first-order valence-corrected chi connectivity index (χ1v) is 7.38. The maximum Gasteiger partial charge on any atom is 0.234 e. The number of amides is 1. The molecule has 5 heteroatoms. The maximum absolute atomic E-state index is 12.0. The molecule has 2 rings (SSSR count). The van der Waals surface area contributed by atoms with Gasteiger partial charge in [-0.2, -0.15) is 0 Å². The second kappa shape index (κ2) is 8.08. The zero-order chi connectivity index (χ0) is 13.0. The number of likely N-dealkylation sites (N-methyl/N-ethyl adjacent to an activating group) is 1. The van der Waals surface area contributed by atoms with Gasteiger partial charge in [0.05, 0.1) is 6.54 Å². The predicted molar refractivity (Wildman–Crippen MR) is 80.7 cm³/mol. The quantitative estimate of drug-likeness (QED) is 0.822. The van der Waals surface area contributed by atoms with Crippen LogP contribution in [0, 0.1) is 5.92 Å². The summed E-state index contributed by atoms with van der Waals surface area (Å²) >= 11 is 0. The van der Waals surface area contributed by atoms with E-state index in [9.17, 15) is 4.79 Å². The van der Waals surface area contributed by atoms with Gasteiger partial charge < -0.3 is 10.6 Å². The van der Waals surface area contributed by atoms with Gasteiger partial charge in [-0.05, 0) is 32.2 Å². The maximum atomic E-state index is 12.0. The fraction of sp³-hybridized carbons (Fsp3) is 0.929. The lowest BCUT2D eigenvalue weighted by molar-refractivity contribution is -0.123. The Kier molecular flexibility index (Phi) is 7.11. The smallest absolute Gasteiger partial charge is 0.234 e. The summed E-state index contributed by atoms with van der Waals surface area (Å²) in [5.74, 6) is 0.858. The van der Waals surface area contributed by atoms with E-state index in [0.717, 1.165) is 25.9 Å². The summed E-state index contributed by atoms with van der Waals surface area (Å²) in [6.45, 7) is 4.88. The lowest BCUT2D eigenvalue weighted by atomic mass is 9.86. The highest BCUT2D eigenvalue weighted by Crippen LogP contribution is 2.23. The van der Waals surface area contributed by atoms with Gasteiger partial charge in [-0.15, -0.1) is 12.4 Å². The van der Waals surface area contributed by atoms with Crippen molar-refractivity contribution >= 4 is 18.3 Å². The molecule has 0 aromatic carbocycles. The van der Waals surface area contributed by atoms with Crippen molar-refractivity contribution in [1.29, 1.82) is 0 Å². The van der Waals surface area contributed by atoms with Gasteiger partial charge in [0, 0.05) is 25.2 Å². The Balaban J connectivity index is 0.00000180. The summed E-state index contributed by atoms with van der Waals surface area (Å²) in [7, 11) is 2.00. The van der Waals surface area contributed by atoms with E-state index >= 15 is 0 Å². The predicted octanol–water partition coefficient (Wildman–Crippen LogP) is 1.40. The third kappa shape index (κ3) is 4.93. The molecule has 0 spiro atoms. The Morgan fingerprint density at radius 2 is 2.00 bits per heavy atom. The minimum atomic E-state index is 0. The third-order valence-electron chi connectivity index (χ3n) is 4.51. The number of carbonyl (C=O) groups excluding carboxylic acids is 1. The topological polar surface area (TPSA) is 44.4 Å². The van der Waals surface area contributed by atoms with Gasteiger partial charge in [0.2, 0.25) is 5.91 Å². The molecule has 0 aromatic rings. The van der Waals surface area contributed by atoms with Crippen LogP contribution in [0.5, 0.6) is 0 Å². The molecular weight excluding hydrogens is 262 g/mol. The highest BCUT2D eigenvalue weighted by Gasteiger charge is 2.26. The van der Waals surface area contributed by atoms with E-state index in [4.69, 9.17) is 0 Å². The van der Waals surface area contributed by atoms with E-state index in [-0.39, 0.29) is 18.3 Å². The average molecular weight is 290 g/mol. The fourth-order valence-electron chi connectivity index (χ4n) is 3.20. The molecule has 1 aliphatic carbocycles. The molecule has 1 heterocycles. The standard InChI is InChI=1S/C14H27N3O.ClH/c1-11-5-3-4-6-13(11)16-14(18)10-17-8-7-12(9-17)15-2;/h11-13,15H,3-10H2,1-2H3,(H,16,18);1H. The third-order valence-corrected chi connectivity index (χ3v) is 4.51. The summed E-state index contributed by atoms with van der Waals surface area (Å²) in [6.07, 6.45) is 6.16. The van der Waals surface area contributed by atoms with Crippen molar-refractivity contribution in [2.75, 3.05) is 26.7 Å². The van der Waals surface area contributed by atoms with E-state index in [0.29, 0.717) is 24.5 Å². The Hall–Kier alpha value is -0.320. The van der Waals surface area contributed by atoms with Gasteiger partial charge in [0.15, 0.2) is 0 Å². The molecule has 0 radical (unpaired) electrons. The van der Waals surface area contributed by atoms with Crippen molar-refractivity contribution in [1.82, 2.24) is 15.5 Å². The SMILES string of the molecule is CNC1CCN(CC(=O)NC2CCCCC2C)C1.Cl. The molecule has 2 fully saturated rings. The Morgan fingerprint density at radius 1 is 1.26 bits per heavy atom. The highest BCUT2D eigenvalue weighted by atomic mass is 35.5. The zero-order valence-corrected chi connectivity index (χ0v) is 13.0. The van der Waals surface area contributed by atoms with Crippen molar-refractivity contribution in [3.8, 4) is 0 Å². The van der Waals surface area contributed by atoms with E-state index in [1.807, 2.05) is 7.05 Å². The molecule has 2 N–H and O–H groups in total. The minimum Gasteiger partial charge on any atom is -0.352 e. The molecule has 3 unspecified atom stereocenters. The van der Waals surface area contributed by atoms with Crippen LogP contribution in [0.25, 0.3) is 0 Å². The number of rotatable bonds is 4.